The van der Waals surface area contributed by atoms with Crippen molar-refractivity contribution in [1.82, 2.24) is 10.7 Å². The first kappa shape index (κ1) is 16.1. The third-order valence-electron chi connectivity index (χ3n) is 3.28. The molecule has 0 spiro atoms. The largest absolute Gasteiger partial charge is 0.326 e. The summed E-state index contributed by atoms with van der Waals surface area (Å²) in [5.74, 6) is -0.412. The van der Waals surface area contributed by atoms with Crippen LogP contribution in [0.1, 0.15) is 17.5 Å². The highest BCUT2D eigenvalue weighted by Crippen LogP contribution is 2.23. The van der Waals surface area contributed by atoms with E-state index in [-0.39, 0.29) is 18.2 Å². The van der Waals surface area contributed by atoms with Gasteiger partial charge in [-0.05, 0) is 31.0 Å². The molecule has 0 bridgehead atoms. The van der Waals surface area contributed by atoms with Gasteiger partial charge in [0, 0.05) is 18.3 Å². The van der Waals surface area contributed by atoms with Crippen LogP contribution in [0.4, 0.5) is 5.69 Å². The number of nitrogens with one attached hydrogen (secondary N) is 3. The van der Waals surface area contributed by atoms with Crippen LogP contribution < -0.4 is 16.1 Å². The van der Waals surface area contributed by atoms with E-state index in [9.17, 15) is 9.59 Å². The van der Waals surface area contributed by atoms with Crippen LogP contribution in [0.15, 0.2) is 36.1 Å². The fourth-order valence-electron chi connectivity index (χ4n) is 1.95. The van der Waals surface area contributed by atoms with Gasteiger partial charge in [0.25, 0.3) is 0 Å². The Kier molecular flexibility index (Phi) is 5.21. The summed E-state index contributed by atoms with van der Waals surface area (Å²) < 4.78 is 0. The van der Waals surface area contributed by atoms with Crippen molar-refractivity contribution in [2.24, 2.45) is 5.10 Å². The zero-order valence-electron chi connectivity index (χ0n) is 12.5. The zero-order valence-corrected chi connectivity index (χ0v) is 13.3. The van der Waals surface area contributed by atoms with Gasteiger partial charge in [-0.15, -0.1) is 0 Å². The molecule has 0 aromatic heterocycles. The van der Waals surface area contributed by atoms with Gasteiger partial charge in [-0.3, -0.25) is 15.0 Å². The number of rotatable bonds is 5. The van der Waals surface area contributed by atoms with E-state index in [1.165, 1.54) is 18.0 Å². The highest BCUT2D eigenvalue weighted by molar-refractivity contribution is 8.15. The van der Waals surface area contributed by atoms with Crippen LogP contribution in [0.3, 0.4) is 0 Å². The van der Waals surface area contributed by atoms with Gasteiger partial charge in [0.2, 0.25) is 11.8 Å². The van der Waals surface area contributed by atoms with Crippen molar-refractivity contribution < 1.29 is 9.59 Å². The molecule has 1 aromatic rings. The molecule has 2 rings (SSSR count). The minimum absolute atomic E-state index is 0.0942. The van der Waals surface area contributed by atoms with E-state index in [1.807, 2.05) is 32.0 Å². The van der Waals surface area contributed by atoms with Gasteiger partial charge in [0.1, 0.15) is 5.25 Å². The molecule has 0 aliphatic carbocycles. The molecule has 22 heavy (non-hydrogen) atoms. The molecular formula is C15H18N4O2S. The quantitative estimate of drug-likeness (QED) is 0.724. The van der Waals surface area contributed by atoms with E-state index >= 15 is 0 Å². The SMILES string of the molecule is C=CNN=C1NC(=O)C(CC(=O)Nc2cccc(C)c2C)S1. The minimum Gasteiger partial charge on any atom is -0.326 e. The Morgan fingerprint density at radius 1 is 1.50 bits per heavy atom. The highest BCUT2D eigenvalue weighted by atomic mass is 32.2. The van der Waals surface area contributed by atoms with Gasteiger partial charge in [0.15, 0.2) is 5.17 Å². The number of benzene rings is 1. The van der Waals surface area contributed by atoms with E-state index in [4.69, 9.17) is 0 Å². The van der Waals surface area contributed by atoms with Crippen LogP contribution in [-0.2, 0) is 9.59 Å². The first-order chi connectivity index (χ1) is 10.5. The van der Waals surface area contributed by atoms with Gasteiger partial charge < -0.3 is 10.6 Å². The maximum Gasteiger partial charge on any atom is 0.240 e. The summed E-state index contributed by atoms with van der Waals surface area (Å²) in [6.07, 6.45) is 1.50. The van der Waals surface area contributed by atoms with E-state index < -0.39 is 5.25 Å². The third-order valence-corrected chi connectivity index (χ3v) is 4.37. The molecule has 1 saturated heterocycles. The maximum absolute atomic E-state index is 12.1. The second-order valence-electron chi connectivity index (χ2n) is 4.85. The lowest BCUT2D eigenvalue weighted by Gasteiger charge is -2.11. The van der Waals surface area contributed by atoms with Crippen molar-refractivity contribution in [3.05, 3.63) is 42.1 Å². The zero-order chi connectivity index (χ0) is 16.1. The fraction of sp³-hybridized carbons (Fsp3) is 0.267. The normalized spacial score (nSPS) is 18.9. The van der Waals surface area contributed by atoms with Gasteiger partial charge >= 0.3 is 0 Å². The molecule has 1 aromatic carbocycles. The van der Waals surface area contributed by atoms with Crippen LogP contribution in [0.5, 0.6) is 0 Å². The number of amidine groups is 1. The number of anilines is 1. The summed E-state index contributed by atoms with van der Waals surface area (Å²) in [5.41, 5.74) is 5.46. The Bertz CT molecular complexity index is 642. The summed E-state index contributed by atoms with van der Waals surface area (Å²) in [6.45, 7) is 7.40. The number of aryl methyl sites for hydroxylation is 1. The number of hydrogen-bond acceptors (Lipinski definition) is 5. The number of thioether (sulfide) groups is 1. The summed E-state index contributed by atoms with van der Waals surface area (Å²) in [5, 5.41) is 9.33. The van der Waals surface area contributed by atoms with E-state index in [2.05, 4.69) is 27.7 Å². The third kappa shape index (κ3) is 3.88. The Balaban J connectivity index is 1.96. The number of hydrazone groups is 1. The van der Waals surface area contributed by atoms with Crippen molar-refractivity contribution in [2.45, 2.75) is 25.5 Å². The first-order valence-electron chi connectivity index (χ1n) is 6.79. The van der Waals surface area contributed by atoms with Gasteiger partial charge in [0.05, 0.1) is 0 Å². The molecule has 1 unspecified atom stereocenters. The van der Waals surface area contributed by atoms with Crippen molar-refractivity contribution >= 4 is 34.4 Å². The molecule has 7 heteroatoms. The predicted molar refractivity (Wildman–Crippen MR) is 89.5 cm³/mol. The van der Waals surface area contributed by atoms with E-state index in [0.29, 0.717) is 5.17 Å². The topological polar surface area (TPSA) is 82.6 Å². The van der Waals surface area contributed by atoms with Crippen molar-refractivity contribution in [3.63, 3.8) is 0 Å². The molecule has 6 nitrogen and oxygen atoms in total. The smallest absolute Gasteiger partial charge is 0.240 e. The van der Waals surface area contributed by atoms with Crippen LogP contribution in [0, 0.1) is 13.8 Å². The Morgan fingerprint density at radius 3 is 3.00 bits per heavy atom. The molecule has 3 N–H and O–H groups in total. The maximum atomic E-state index is 12.1. The van der Waals surface area contributed by atoms with Crippen LogP contribution in [0.2, 0.25) is 0 Å². The molecule has 1 heterocycles. The van der Waals surface area contributed by atoms with Crippen LogP contribution >= 0.6 is 11.8 Å². The molecule has 116 valence electrons. The predicted octanol–water partition coefficient (Wildman–Crippen LogP) is 1.87. The second-order valence-corrected chi connectivity index (χ2v) is 6.04. The van der Waals surface area contributed by atoms with E-state index in [0.717, 1.165) is 16.8 Å². The average molecular weight is 318 g/mol. The average Bonchev–Trinajstić information content (AvgIpc) is 2.82. The number of amides is 2. The Morgan fingerprint density at radius 2 is 2.27 bits per heavy atom. The lowest BCUT2D eigenvalue weighted by molar-refractivity contribution is -0.122. The van der Waals surface area contributed by atoms with Gasteiger partial charge in [-0.25, -0.2) is 0 Å². The lowest BCUT2D eigenvalue weighted by Crippen LogP contribution is -2.28. The minimum atomic E-state index is -0.476. The summed E-state index contributed by atoms with van der Waals surface area (Å²) in [6, 6.07) is 5.73. The second kappa shape index (κ2) is 7.13. The first-order valence-corrected chi connectivity index (χ1v) is 7.67. The number of nitrogens with zero attached hydrogens (tertiary/aromatic N) is 1. The number of carbonyl (C=O) groups excluding carboxylic acids is 2. The molecule has 0 saturated carbocycles. The molecule has 1 aliphatic rings. The summed E-state index contributed by atoms with van der Waals surface area (Å²) in [4.78, 5) is 23.9. The lowest BCUT2D eigenvalue weighted by atomic mass is 10.1. The molecule has 2 amide bonds. The van der Waals surface area contributed by atoms with E-state index in [1.54, 1.807) is 0 Å². The Labute approximate surface area is 133 Å². The van der Waals surface area contributed by atoms with Crippen LogP contribution in [0.25, 0.3) is 0 Å². The van der Waals surface area contributed by atoms with Gasteiger partial charge in [-0.2, -0.15) is 5.10 Å². The van der Waals surface area contributed by atoms with Crippen LogP contribution in [-0.4, -0.2) is 22.2 Å². The molecule has 0 radical (unpaired) electrons. The molecular weight excluding hydrogens is 300 g/mol. The number of carbonyl (C=O) groups is 2. The molecule has 1 aliphatic heterocycles. The van der Waals surface area contributed by atoms with Crippen molar-refractivity contribution in [2.75, 3.05) is 5.32 Å². The standard InChI is InChI=1S/C15H18N4O2S/c1-4-16-19-15-18-14(21)12(22-15)8-13(20)17-11-7-5-6-9(2)10(11)3/h4-7,12,16H,1,8H2,2-3H3,(H,17,20)(H,18,19,21). The fourth-order valence-corrected chi connectivity index (χ4v) is 2.89. The van der Waals surface area contributed by atoms with Crippen molar-refractivity contribution in [3.8, 4) is 0 Å². The monoisotopic (exact) mass is 318 g/mol. The molecule has 1 atom stereocenters. The summed E-state index contributed by atoms with van der Waals surface area (Å²) >= 11 is 1.22. The van der Waals surface area contributed by atoms with Crippen molar-refractivity contribution in [1.29, 1.82) is 0 Å². The Hall–Kier alpha value is -2.28. The van der Waals surface area contributed by atoms with Gasteiger partial charge in [-0.1, -0.05) is 30.5 Å². The number of hydrogen-bond donors (Lipinski definition) is 3. The summed E-state index contributed by atoms with van der Waals surface area (Å²) in [7, 11) is 0. The molecule has 1 fully saturated rings. The highest BCUT2D eigenvalue weighted by Gasteiger charge is 2.32.